The number of hydrogen-bond donors (Lipinski definition) is 1. The molecule has 0 aliphatic carbocycles. The number of aromatic nitrogens is 2. The number of carbonyl (C=O) groups excluding carboxylic acids is 1. The topological polar surface area (TPSA) is 67.3 Å². The highest BCUT2D eigenvalue weighted by Gasteiger charge is 2.22. The van der Waals surface area contributed by atoms with Gasteiger partial charge in [-0.05, 0) is 48.1 Å². The van der Waals surface area contributed by atoms with Crippen LogP contribution in [0.5, 0.6) is 5.75 Å². The lowest BCUT2D eigenvalue weighted by molar-refractivity contribution is -0.116. The zero-order valence-electron chi connectivity index (χ0n) is 18.2. The summed E-state index contributed by atoms with van der Waals surface area (Å²) in [6.07, 6.45) is 6.22. The van der Waals surface area contributed by atoms with E-state index < -0.39 is 0 Å². The number of piperidine rings is 1. The molecule has 2 aromatic carbocycles. The van der Waals surface area contributed by atoms with Crippen LogP contribution in [0.25, 0.3) is 6.08 Å². The summed E-state index contributed by atoms with van der Waals surface area (Å²) >= 11 is 1.46. The maximum atomic E-state index is 12.1. The number of anilines is 1. The van der Waals surface area contributed by atoms with Crippen molar-refractivity contribution in [2.45, 2.75) is 19.3 Å². The first-order valence-corrected chi connectivity index (χ1v) is 11.7. The average Bonchev–Trinajstić information content (AvgIpc) is 3.31. The minimum atomic E-state index is -0.0393. The number of ether oxygens (including phenoxy) is 1. The van der Waals surface area contributed by atoms with E-state index in [1.165, 1.54) is 11.5 Å². The number of nitrogens with zero attached hydrogens (tertiary/aromatic N) is 3. The van der Waals surface area contributed by atoms with Gasteiger partial charge in [0.1, 0.15) is 11.6 Å². The molecule has 7 heteroatoms. The van der Waals surface area contributed by atoms with E-state index in [2.05, 4.69) is 20.7 Å². The summed E-state index contributed by atoms with van der Waals surface area (Å²) < 4.78 is 9.84. The van der Waals surface area contributed by atoms with E-state index in [4.69, 9.17) is 9.72 Å². The summed E-state index contributed by atoms with van der Waals surface area (Å²) in [6.45, 7) is 2.59. The van der Waals surface area contributed by atoms with E-state index in [0.29, 0.717) is 18.9 Å². The minimum absolute atomic E-state index is 0.0393. The molecular formula is C25H28N4O2S. The smallest absolute Gasteiger partial charge is 0.244 e. The Kier molecular flexibility index (Phi) is 7.51. The lowest BCUT2D eigenvalue weighted by Gasteiger charge is -2.31. The third kappa shape index (κ3) is 6.17. The normalized spacial score (nSPS) is 14.6. The quantitative estimate of drug-likeness (QED) is 0.524. The van der Waals surface area contributed by atoms with Crippen LogP contribution in [0.1, 0.15) is 29.8 Å². The number of rotatable bonds is 8. The fourth-order valence-corrected chi connectivity index (χ4v) is 4.51. The van der Waals surface area contributed by atoms with Gasteiger partial charge in [0.25, 0.3) is 0 Å². The molecule has 0 saturated carbocycles. The molecule has 1 aromatic heterocycles. The lowest BCUT2D eigenvalue weighted by atomic mass is 9.97. The van der Waals surface area contributed by atoms with Crippen LogP contribution in [-0.2, 0) is 11.2 Å². The zero-order chi connectivity index (χ0) is 22.2. The zero-order valence-corrected chi connectivity index (χ0v) is 19.1. The molecule has 0 atom stereocenters. The SMILES string of the molecule is COc1cccc(Cc2nsc(N3CCC(CNC(=O)/C=C/c4ccccc4)CC3)n2)c1. The van der Waals surface area contributed by atoms with Gasteiger partial charge in [-0.25, -0.2) is 4.98 Å². The van der Waals surface area contributed by atoms with Crippen LogP contribution in [0.15, 0.2) is 60.7 Å². The maximum Gasteiger partial charge on any atom is 0.244 e. The van der Waals surface area contributed by atoms with Gasteiger partial charge in [0.05, 0.1) is 7.11 Å². The third-order valence-corrected chi connectivity index (χ3v) is 6.45. The largest absolute Gasteiger partial charge is 0.497 e. The molecule has 3 aromatic rings. The molecule has 6 nitrogen and oxygen atoms in total. The Balaban J connectivity index is 1.22. The van der Waals surface area contributed by atoms with Gasteiger partial charge in [-0.3, -0.25) is 4.79 Å². The molecule has 1 amide bonds. The van der Waals surface area contributed by atoms with Crippen molar-refractivity contribution in [3.8, 4) is 5.75 Å². The Labute approximate surface area is 193 Å². The van der Waals surface area contributed by atoms with Crippen molar-refractivity contribution in [2.24, 2.45) is 5.92 Å². The fourth-order valence-electron chi connectivity index (χ4n) is 3.78. The summed E-state index contributed by atoms with van der Waals surface area (Å²) in [4.78, 5) is 19.2. The number of hydrogen-bond acceptors (Lipinski definition) is 6. The summed E-state index contributed by atoms with van der Waals surface area (Å²) in [7, 11) is 1.68. The van der Waals surface area contributed by atoms with Crippen LogP contribution >= 0.6 is 11.5 Å². The van der Waals surface area contributed by atoms with Gasteiger partial charge in [0.15, 0.2) is 0 Å². The molecule has 0 bridgehead atoms. The molecule has 0 unspecified atom stereocenters. The van der Waals surface area contributed by atoms with Crippen molar-refractivity contribution < 1.29 is 9.53 Å². The second-order valence-electron chi connectivity index (χ2n) is 7.94. The Morgan fingerprint density at radius 2 is 2.00 bits per heavy atom. The predicted octanol–water partition coefficient (Wildman–Crippen LogP) is 4.18. The molecular weight excluding hydrogens is 420 g/mol. The Morgan fingerprint density at radius 3 is 2.78 bits per heavy atom. The minimum Gasteiger partial charge on any atom is -0.497 e. The van der Waals surface area contributed by atoms with Crippen molar-refractivity contribution >= 4 is 28.6 Å². The van der Waals surface area contributed by atoms with Gasteiger partial charge in [0.2, 0.25) is 11.0 Å². The van der Waals surface area contributed by atoms with Crippen molar-refractivity contribution in [3.05, 3.63) is 77.6 Å². The van der Waals surface area contributed by atoms with Gasteiger partial charge >= 0.3 is 0 Å². The van der Waals surface area contributed by atoms with Crippen LogP contribution in [0, 0.1) is 5.92 Å². The fraction of sp³-hybridized carbons (Fsp3) is 0.320. The predicted molar refractivity (Wildman–Crippen MR) is 129 cm³/mol. The van der Waals surface area contributed by atoms with Gasteiger partial charge < -0.3 is 15.0 Å². The van der Waals surface area contributed by atoms with E-state index in [1.54, 1.807) is 13.2 Å². The van der Waals surface area contributed by atoms with E-state index in [-0.39, 0.29) is 5.91 Å². The second kappa shape index (κ2) is 10.9. The Bertz CT molecular complexity index is 1040. The third-order valence-electron chi connectivity index (χ3n) is 5.63. The van der Waals surface area contributed by atoms with Crippen LogP contribution in [0.3, 0.4) is 0 Å². The van der Waals surface area contributed by atoms with E-state index >= 15 is 0 Å². The summed E-state index contributed by atoms with van der Waals surface area (Å²) in [5.74, 6) is 2.15. The number of benzene rings is 2. The van der Waals surface area contributed by atoms with Gasteiger partial charge in [-0.1, -0.05) is 42.5 Å². The number of amides is 1. The van der Waals surface area contributed by atoms with Crippen LogP contribution in [0.4, 0.5) is 5.13 Å². The molecule has 2 heterocycles. The van der Waals surface area contributed by atoms with Crippen molar-refractivity contribution in [1.29, 1.82) is 0 Å². The Morgan fingerprint density at radius 1 is 1.19 bits per heavy atom. The lowest BCUT2D eigenvalue weighted by Crippen LogP contribution is -2.38. The highest BCUT2D eigenvalue weighted by molar-refractivity contribution is 7.09. The molecule has 1 saturated heterocycles. The first-order valence-electron chi connectivity index (χ1n) is 10.9. The van der Waals surface area contributed by atoms with E-state index in [1.807, 2.05) is 54.6 Å². The molecule has 32 heavy (non-hydrogen) atoms. The molecule has 1 N–H and O–H groups in total. The van der Waals surface area contributed by atoms with Gasteiger partial charge in [0, 0.05) is 43.7 Å². The first-order chi connectivity index (χ1) is 15.7. The molecule has 0 spiro atoms. The molecule has 0 radical (unpaired) electrons. The van der Waals surface area contributed by atoms with Crippen molar-refractivity contribution in [1.82, 2.24) is 14.7 Å². The number of carbonyl (C=O) groups is 1. The molecule has 1 aliphatic heterocycles. The number of nitrogens with one attached hydrogen (secondary N) is 1. The average molecular weight is 449 g/mol. The van der Waals surface area contributed by atoms with E-state index in [0.717, 1.165) is 53.8 Å². The monoisotopic (exact) mass is 448 g/mol. The summed E-state index contributed by atoms with van der Waals surface area (Å²) in [5, 5.41) is 4.02. The van der Waals surface area contributed by atoms with Crippen LogP contribution in [0.2, 0.25) is 0 Å². The molecule has 1 fully saturated rings. The van der Waals surface area contributed by atoms with Gasteiger partial charge in [-0.2, -0.15) is 4.37 Å². The first kappa shape index (κ1) is 22.0. The molecule has 4 rings (SSSR count). The van der Waals surface area contributed by atoms with E-state index in [9.17, 15) is 4.79 Å². The van der Waals surface area contributed by atoms with Crippen molar-refractivity contribution in [2.75, 3.05) is 31.6 Å². The highest BCUT2D eigenvalue weighted by atomic mass is 32.1. The molecule has 166 valence electrons. The van der Waals surface area contributed by atoms with Gasteiger partial charge in [-0.15, -0.1) is 0 Å². The van der Waals surface area contributed by atoms with Crippen LogP contribution < -0.4 is 15.0 Å². The summed E-state index contributed by atoms with van der Waals surface area (Å²) in [6, 6.07) is 17.9. The molecule has 1 aliphatic rings. The maximum absolute atomic E-state index is 12.1. The highest BCUT2D eigenvalue weighted by Crippen LogP contribution is 2.25. The summed E-state index contributed by atoms with van der Waals surface area (Å²) in [5.41, 5.74) is 2.17. The standard InChI is InChI=1S/C25H28N4O2S/c1-31-22-9-5-8-21(16-22)17-23-27-25(32-28-23)29-14-12-20(13-15-29)18-26-24(30)11-10-19-6-3-2-4-7-19/h2-11,16,20H,12-15,17-18H2,1H3,(H,26,30)/b11-10+. The second-order valence-corrected chi connectivity index (χ2v) is 8.67. The Hall–Kier alpha value is -3.19. The van der Waals surface area contributed by atoms with Crippen molar-refractivity contribution in [3.63, 3.8) is 0 Å². The van der Waals surface area contributed by atoms with Crippen LogP contribution in [-0.4, -0.2) is 42.0 Å². The number of methoxy groups -OCH3 is 1.